The maximum Gasteiger partial charge on any atom is 0.306 e. The van der Waals surface area contributed by atoms with Gasteiger partial charge in [0.05, 0.1) is 0 Å². The molecular formula is C14H28O2. The fraction of sp³-hybridized carbons (Fsp3) is 0.929. The molecule has 0 amide bonds. The molecule has 2 atom stereocenters. The molecular weight excluding hydrogens is 200 g/mol. The van der Waals surface area contributed by atoms with Crippen LogP contribution in [0, 0.1) is 5.92 Å². The Balaban J connectivity index is 4.14. The fourth-order valence-electron chi connectivity index (χ4n) is 1.59. The molecule has 0 radical (unpaired) electrons. The van der Waals surface area contributed by atoms with Crippen molar-refractivity contribution in [3.63, 3.8) is 0 Å². The van der Waals surface area contributed by atoms with E-state index in [1.807, 2.05) is 6.92 Å². The monoisotopic (exact) mass is 228 g/mol. The van der Waals surface area contributed by atoms with Gasteiger partial charge in [0.25, 0.3) is 0 Å². The zero-order chi connectivity index (χ0) is 12.6. The van der Waals surface area contributed by atoms with Crippen LogP contribution in [0.2, 0.25) is 0 Å². The molecule has 2 nitrogen and oxygen atoms in total. The lowest BCUT2D eigenvalue weighted by molar-refractivity contribution is -0.159. The molecule has 0 aliphatic carbocycles. The second-order valence-electron chi connectivity index (χ2n) is 5.08. The number of carbonyl (C=O) groups is 1. The Morgan fingerprint density at radius 2 is 1.94 bits per heavy atom. The van der Waals surface area contributed by atoms with Crippen LogP contribution in [0.5, 0.6) is 0 Å². The summed E-state index contributed by atoms with van der Waals surface area (Å²) < 4.78 is 5.58. The van der Waals surface area contributed by atoms with Crippen molar-refractivity contribution < 1.29 is 9.53 Å². The minimum Gasteiger partial charge on any atom is -0.459 e. The molecule has 0 saturated heterocycles. The number of carbonyl (C=O) groups excluding carboxylic acids is 1. The third-order valence-electron chi connectivity index (χ3n) is 3.43. The van der Waals surface area contributed by atoms with Crippen molar-refractivity contribution in [1.82, 2.24) is 0 Å². The van der Waals surface area contributed by atoms with Crippen molar-refractivity contribution in [1.29, 1.82) is 0 Å². The van der Waals surface area contributed by atoms with Crippen LogP contribution in [0.4, 0.5) is 0 Å². The van der Waals surface area contributed by atoms with E-state index in [4.69, 9.17) is 4.74 Å². The lowest BCUT2D eigenvalue weighted by Crippen LogP contribution is -2.31. The summed E-state index contributed by atoms with van der Waals surface area (Å²) in [5.41, 5.74) is -0.254. The van der Waals surface area contributed by atoms with E-state index in [-0.39, 0.29) is 11.6 Å². The Morgan fingerprint density at radius 1 is 1.31 bits per heavy atom. The highest BCUT2D eigenvalue weighted by Gasteiger charge is 2.26. The summed E-state index contributed by atoms with van der Waals surface area (Å²) >= 11 is 0. The molecule has 0 unspecified atom stereocenters. The first-order valence-corrected chi connectivity index (χ1v) is 6.69. The van der Waals surface area contributed by atoms with Crippen LogP contribution in [0.25, 0.3) is 0 Å². The maximum absolute atomic E-state index is 11.5. The Bertz CT molecular complexity index is 201. The Kier molecular flexibility index (Phi) is 7.44. The van der Waals surface area contributed by atoms with Gasteiger partial charge in [-0.1, -0.05) is 34.1 Å². The highest BCUT2D eigenvalue weighted by Crippen LogP contribution is 2.25. The van der Waals surface area contributed by atoms with E-state index >= 15 is 0 Å². The largest absolute Gasteiger partial charge is 0.459 e. The molecule has 0 spiro atoms. The minimum atomic E-state index is -0.254. The van der Waals surface area contributed by atoms with Gasteiger partial charge in [0.1, 0.15) is 5.60 Å². The summed E-state index contributed by atoms with van der Waals surface area (Å²) in [6, 6.07) is 0. The molecule has 0 aromatic rings. The molecule has 0 saturated carbocycles. The van der Waals surface area contributed by atoms with Crippen molar-refractivity contribution in [2.75, 3.05) is 0 Å². The van der Waals surface area contributed by atoms with E-state index in [9.17, 15) is 4.79 Å². The molecule has 0 aliphatic rings. The second-order valence-corrected chi connectivity index (χ2v) is 5.08. The molecule has 0 rings (SSSR count). The average Bonchev–Trinajstić information content (AvgIpc) is 2.26. The topological polar surface area (TPSA) is 26.3 Å². The zero-order valence-electron chi connectivity index (χ0n) is 11.6. The summed E-state index contributed by atoms with van der Waals surface area (Å²) in [4.78, 5) is 11.5. The second kappa shape index (κ2) is 7.70. The Labute approximate surface area is 101 Å². The summed E-state index contributed by atoms with van der Waals surface area (Å²) in [7, 11) is 0. The third kappa shape index (κ3) is 6.14. The van der Waals surface area contributed by atoms with Gasteiger partial charge >= 0.3 is 5.97 Å². The molecule has 16 heavy (non-hydrogen) atoms. The molecule has 0 heterocycles. The van der Waals surface area contributed by atoms with Gasteiger partial charge in [-0.2, -0.15) is 0 Å². The van der Waals surface area contributed by atoms with Crippen LogP contribution >= 0.6 is 0 Å². The number of esters is 1. The number of hydrogen-bond acceptors (Lipinski definition) is 2. The molecule has 96 valence electrons. The fourth-order valence-corrected chi connectivity index (χ4v) is 1.59. The number of hydrogen-bond donors (Lipinski definition) is 0. The highest BCUT2D eigenvalue weighted by atomic mass is 16.6. The highest BCUT2D eigenvalue weighted by molar-refractivity contribution is 5.69. The lowest BCUT2D eigenvalue weighted by Gasteiger charge is -2.29. The van der Waals surface area contributed by atoms with Gasteiger partial charge < -0.3 is 4.74 Å². The molecule has 0 aliphatic heterocycles. The summed E-state index contributed by atoms with van der Waals surface area (Å²) in [6.45, 7) is 10.6. The van der Waals surface area contributed by atoms with Crippen LogP contribution in [-0.4, -0.2) is 11.6 Å². The summed E-state index contributed by atoms with van der Waals surface area (Å²) in [6.07, 6.45) is 5.62. The van der Waals surface area contributed by atoms with Gasteiger partial charge in [0.2, 0.25) is 0 Å². The van der Waals surface area contributed by atoms with Gasteiger partial charge in [-0.15, -0.1) is 0 Å². The molecule has 0 N–H and O–H groups in total. The molecule has 0 fully saturated rings. The lowest BCUT2D eigenvalue weighted by atomic mass is 9.91. The maximum atomic E-state index is 11.5. The first-order valence-electron chi connectivity index (χ1n) is 6.69. The van der Waals surface area contributed by atoms with Crippen LogP contribution in [-0.2, 0) is 9.53 Å². The molecule has 2 heteroatoms. The van der Waals surface area contributed by atoms with Crippen LogP contribution < -0.4 is 0 Å². The van der Waals surface area contributed by atoms with Crippen molar-refractivity contribution in [3.8, 4) is 0 Å². The SMILES string of the molecule is CCCC(=O)O[C@](C)(CC)CC[C@H](C)CC. The van der Waals surface area contributed by atoms with Crippen molar-refractivity contribution in [2.24, 2.45) is 5.92 Å². The Hall–Kier alpha value is -0.530. The van der Waals surface area contributed by atoms with Crippen LogP contribution in [0.15, 0.2) is 0 Å². The molecule has 0 aromatic heterocycles. The predicted octanol–water partition coefficient (Wildman–Crippen LogP) is 4.32. The average molecular weight is 228 g/mol. The first kappa shape index (κ1) is 15.5. The van der Waals surface area contributed by atoms with Crippen LogP contribution in [0.3, 0.4) is 0 Å². The van der Waals surface area contributed by atoms with Crippen molar-refractivity contribution in [2.45, 2.75) is 78.7 Å². The van der Waals surface area contributed by atoms with Gasteiger partial charge in [0, 0.05) is 6.42 Å². The smallest absolute Gasteiger partial charge is 0.306 e. The normalized spacial score (nSPS) is 16.6. The van der Waals surface area contributed by atoms with E-state index in [1.54, 1.807) is 0 Å². The molecule has 0 aromatic carbocycles. The zero-order valence-corrected chi connectivity index (χ0v) is 11.6. The van der Waals surface area contributed by atoms with E-state index < -0.39 is 0 Å². The van der Waals surface area contributed by atoms with Gasteiger partial charge in [0.15, 0.2) is 0 Å². The van der Waals surface area contributed by atoms with Gasteiger partial charge in [-0.05, 0) is 38.5 Å². The third-order valence-corrected chi connectivity index (χ3v) is 3.43. The van der Waals surface area contributed by atoms with Gasteiger partial charge in [-0.25, -0.2) is 0 Å². The predicted molar refractivity (Wildman–Crippen MR) is 68.4 cm³/mol. The van der Waals surface area contributed by atoms with Gasteiger partial charge in [-0.3, -0.25) is 4.79 Å². The van der Waals surface area contributed by atoms with E-state index in [0.29, 0.717) is 6.42 Å². The minimum absolute atomic E-state index is 0.0454. The first-order chi connectivity index (χ1) is 7.47. The quantitative estimate of drug-likeness (QED) is 0.578. The summed E-state index contributed by atoms with van der Waals surface area (Å²) in [5.74, 6) is 0.673. The van der Waals surface area contributed by atoms with Crippen molar-refractivity contribution in [3.05, 3.63) is 0 Å². The number of ether oxygens (including phenoxy) is 1. The van der Waals surface area contributed by atoms with Crippen LogP contribution in [0.1, 0.15) is 73.1 Å². The molecule has 0 bridgehead atoms. The summed E-state index contributed by atoms with van der Waals surface area (Å²) in [5, 5.41) is 0. The van der Waals surface area contributed by atoms with E-state index in [1.165, 1.54) is 6.42 Å². The van der Waals surface area contributed by atoms with E-state index in [0.717, 1.165) is 31.6 Å². The number of rotatable bonds is 8. The van der Waals surface area contributed by atoms with E-state index in [2.05, 4.69) is 27.7 Å². The Morgan fingerprint density at radius 3 is 2.38 bits per heavy atom. The van der Waals surface area contributed by atoms with Crippen molar-refractivity contribution >= 4 is 5.97 Å². The standard InChI is InChI=1S/C14H28O2/c1-6-9-13(15)16-14(5,8-3)11-10-12(4)7-2/h12H,6-11H2,1-5H3/t12-,14-/m1/s1.